The second-order valence-corrected chi connectivity index (χ2v) is 10.2. The van der Waals surface area contributed by atoms with Crippen molar-refractivity contribution >= 4 is 5.91 Å². The van der Waals surface area contributed by atoms with Gasteiger partial charge in [0, 0.05) is 6.04 Å². The maximum atomic E-state index is 13.7. The summed E-state index contributed by atoms with van der Waals surface area (Å²) in [5, 5.41) is 6.98. The Kier molecular flexibility index (Phi) is 3.60. The minimum atomic E-state index is -0.143. The molecule has 1 aromatic carbocycles. The minimum Gasteiger partial charge on any atom is -0.353 e. The summed E-state index contributed by atoms with van der Waals surface area (Å²) in [6.07, 6.45) is 6.95. The van der Waals surface area contributed by atoms with Crippen LogP contribution in [-0.4, -0.2) is 25.0 Å². The van der Waals surface area contributed by atoms with Crippen LogP contribution in [0.3, 0.4) is 0 Å². The molecule has 0 spiro atoms. The summed E-state index contributed by atoms with van der Waals surface area (Å²) >= 11 is 0. The summed E-state index contributed by atoms with van der Waals surface area (Å²) in [5.74, 6) is 1.62. The Bertz CT molecular complexity index is 718. The third-order valence-electron chi connectivity index (χ3n) is 8.50. The van der Waals surface area contributed by atoms with Crippen molar-refractivity contribution < 1.29 is 4.79 Å². The summed E-state index contributed by atoms with van der Waals surface area (Å²) in [7, 11) is 0. The van der Waals surface area contributed by atoms with E-state index in [2.05, 4.69) is 54.8 Å². The number of nitrogens with one attached hydrogen (secondary N) is 2. The van der Waals surface area contributed by atoms with Crippen molar-refractivity contribution in [1.29, 1.82) is 0 Å². The van der Waals surface area contributed by atoms with E-state index >= 15 is 0 Å². The number of carbonyl (C=O) groups excluding carboxylic acids is 1. The predicted octanol–water partition coefficient (Wildman–Crippen LogP) is 3.64. The number of hydrogen-bond acceptors (Lipinski definition) is 2. The van der Waals surface area contributed by atoms with E-state index in [0.717, 1.165) is 38.3 Å². The summed E-state index contributed by atoms with van der Waals surface area (Å²) in [4.78, 5) is 13.7. The van der Waals surface area contributed by atoms with Crippen molar-refractivity contribution in [3.05, 3.63) is 35.9 Å². The highest BCUT2D eigenvalue weighted by Crippen LogP contribution is 2.76. The van der Waals surface area contributed by atoms with E-state index in [1.165, 1.54) is 24.8 Å². The molecule has 2 N–H and O–H groups in total. The number of carbonyl (C=O) groups is 1. The Morgan fingerprint density at radius 1 is 1.15 bits per heavy atom. The van der Waals surface area contributed by atoms with Crippen LogP contribution in [0.2, 0.25) is 0 Å². The smallest absolute Gasteiger partial charge is 0.227 e. The van der Waals surface area contributed by atoms with Crippen molar-refractivity contribution in [2.75, 3.05) is 13.1 Å². The number of hydrogen-bond donors (Lipinski definition) is 2. The zero-order valence-electron chi connectivity index (χ0n) is 16.2. The highest BCUT2D eigenvalue weighted by molar-refractivity contribution is 5.85. The lowest BCUT2D eigenvalue weighted by Crippen LogP contribution is -2.54. The van der Waals surface area contributed by atoms with Crippen molar-refractivity contribution in [3.63, 3.8) is 0 Å². The number of piperidine rings is 1. The fourth-order valence-corrected chi connectivity index (χ4v) is 7.49. The van der Waals surface area contributed by atoms with Gasteiger partial charge in [-0.15, -0.1) is 0 Å². The van der Waals surface area contributed by atoms with Crippen LogP contribution in [0.15, 0.2) is 30.3 Å². The molecule has 1 amide bonds. The lowest BCUT2D eigenvalue weighted by atomic mass is 9.63. The van der Waals surface area contributed by atoms with E-state index in [4.69, 9.17) is 0 Å². The van der Waals surface area contributed by atoms with Crippen molar-refractivity contribution in [1.82, 2.24) is 10.6 Å². The van der Waals surface area contributed by atoms with Crippen LogP contribution in [0.5, 0.6) is 0 Å². The lowest BCUT2D eigenvalue weighted by molar-refractivity contribution is -0.137. The molecular weight excluding hydrogens is 320 g/mol. The SMILES string of the molecule is CC1CNCCC1NC(=O)C12CC3C[C@](c4ccccc4)(C1)C[C@@]2(C)C3. The Hall–Kier alpha value is -1.35. The molecule has 4 unspecified atom stereocenters. The van der Waals surface area contributed by atoms with Crippen LogP contribution >= 0.6 is 0 Å². The lowest BCUT2D eigenvalue weighted by Gasteiger charge is -2.41. The van der Waals surface area contributed by atoms with Crippen molar-refractivity contribution in [2.45, 2.75) is 63.8 Å². The Morgan fingerprint density at radius 2 is 1.96 bits per heavy atom. The zero-order valence-corrected chi connectivity index (χ0v) is 16.2. The molecule has 3 heteroatoms. The van der Waals surface area contributed by atoms with E-state index in [9.17, 15) is 4.79 Å². The van der Waals surface area contributed by atoms with Crippen molar-refractivity contribution in [3.8, 4) is 0 Å². The molecular formula is C23H32N2O. The van der Waals surface area contributed by atoms with Gasteiger partial charge in [-0.1, -0.05) is 44.2 Å². The van der Waals surface area contributed by atoms with E-state index in [0.29, 0.717) is 17.9 Å². The van der Waals surface area contributed by atoms with Gasteiger partial charge in [0.1, 0.15) is 0 Å². The molecule has 1 heterocycles. The molecule has 4 aliphatic carbocycles. The first-order chi connectivity index (χ1) is 12.5. The highest BCUT2D eigenvalue weighted by atomic mass is 16.2. The fraction of sp³-hybridized carbons (Fsp3) is 0.696. The van der Waals surface area contributed by atoms with Gasteiger partial charge in [-0.05, 0) is 79.8 Å². The average molecular weight is 353 g/mol. The topological polar surface area (TPSA) is 41.1 Å². The van der Waals surface area contributed by atoms with Gasteiger partial charge < -0.3 is 10.6 Å². The third-order valence-corrected chi connectivity index (χ3v) is 8.50. The first-order valence-electron chi connectivity index (χ1n) is 10.5. The minimum absolute atomic E-state index is 0.143. The van der Waals surface area contributed by atoms with Crippen molar-refractivity contribution in [2.24, 2.45) is 22.7 Å². The molecule has 1 saturated heterocycles. The normalized spacial score (nSPS) is 46.5. The van der Waals surface area contributed by atoms with Crippen LogP contribution in [0.25, 0.3) is 0 Å². The molecule has 3 nitrogen and oxygen atoms in total. The molecule has 6 rings (SSSR count). The van der Waals surface area contributed by atoms with Gasteiger partial charge in [-0.2, -0.15) is 0 Å². The zero-order chi connectivity index (χ0) is 18.0. The molecule has 1 aromatic rings. The van der Waals surface area contributed by atoms with Gasteiger partial charge in [0.2, 0.25) is 5.91 Å². The summed E-state index contributed by atoms with van der Waals surface area (Å²) in [6.45, 7) is 6.73. The Labute approximate surface area is 157 Å². The molecule has 26 heavy (non-hydrogen) atoms. The summed E-state index contributed by atoms with van der Waals surface area (Å²) in [5.41, 5.74) is 1.73. The molecule has 4 bridgehead atoms. The second-order valence-electron chi connectivity index (χ2n) is 10.2. The average Bonchev–Trinajstić information content (AvgIpc) is 2.95. The quantitative estimate of drug-likeness (QED) is 0.872. The van der Waals surface area contributed by atoms with Crippen LogP contribution in [0, 0.1) is 22.7 Å². The first-order valence-corrected chi connectivity index (χ1v) is 10.5. The van der Waals surface area contributed by atoms with E-state index in [1.807, 2.05) is 0 Å². The fourth-order valence-electron chi connectivity index (χ4n) is 7.49. The second kappa shape index (κ2) is 5.58. The molecule has 1 aliphatic heterocycles. The predicted molar refractivity (Wildman–Crippen MR) is 104 cm³/mol. The van der Waals surface area contributed by atoms with Gasteiger partial charge in [0.15, 0.2) is 0 Å². The first kappa shape index (κ1) is 16.8. The standard InChI is InChI=1S/C23H32N2O/c1-16-13-24-9-8-19(16)25-20(26)23-12-17-10-21(23,2)14-22(11-17,15-23)18-6-4-3-5-7-18/h3-7,16-17,19,24H,8-15H2,1-2H3,(H,25,26)/t16?,17?,19?,21-,22-,23?/m1/s1. The number of amides is 1. The summed E-state index contributed by atoms with van der Waals surface area (Å²) < 4.78 is 0. The van der Waals surface area contributed by atoms with Crippen LogP contribution in [0.4, 0.5) is 0 Å². The summed E-state index contributed by atoms with van der Waals surface area (Å²) in [6, 6.07) is 11.4. The largest absolute Gasteiger partial charge is 0.353 e. The van der Waals surface area contributed by atoms with E-state index < -0.39 is 0 Å². The van der Waals surface area contributed by atoms with Gasteiger partial charge in [0.25, 0.3) is 0 Å². The maximum Gasteiger partial charge on any atom is 0.227 e. The molecule has 0 aromatic heterocycles. The number of rotatable bonds is 3. The molecule has 0 radical (unpaired) electrons. The Balaban J connectivity index is 1.46. The van der Waals surface area contributed by atoms with E-state index in [1.54, 1.807) is 0 Å². The van der Waals surface area contributed by atoms with Gasteiger partial charge in [-0.3, -0.25) is 4.79 Å². The van der Waals surface area contributed by atoms with Crippen LogP contribution in [-0.2, 0) is 10.2 Å². The monoisotopic (exact) mass is 352 g/mol. The van der Waals surface area contributed by atoms with Crippen LogP contribution < -0.4 is 10.6 Å². The molecule has 140 valence electrons. The third kappa shape index (κ3) is 2.19. The molecule has 4 saturated carbocycles. The van der Waals surface area contributed by atoms with Gasteiger partial charge in [-0.25, -0.2) is 0 Å². The highest BCUT2D eigenvalue weighted by Gasteiger charge is 2.72. The molecule has 5 fully saturated rings. The van der Waals surface area contributed by atoms with E-state index in [-0.39, 0.29) is 16.2 Å². The molecule has 6 atom stereocenters. The van der Waals surface area contributed by atoms with Gasteiger partial charge >= 0.3 is 0 Å². The van der Waals surface area contributed by atoms with Crippen LogP contribution in [0.1, 0.15) is 57.9 Å². The van der Waals surface area contributed by atoms with Gasteiger partial charge in [0.05, 0.1) is 5.41 Å². The number of benzene rings is 1. The Morgan fingerprint density at radius 3 is 2.73 bits per heavy atom. The molecule has 5 aliphatic rings. The maximum absolute atomic E-state index is 13.7.